The quantitative estimate of drug-likeness (QED) is 0.723. The molecule has 6 nitrogen and oxygen atoms in total. The summed E-state index contributed by atoms with van der Waals surface area (Å²) in [6, 6.07) is 15.1. The second kappa shape index (κ2) is 7.40. The molecule has 27 heavy (non-hydrogen) atoms. The molecule has 0 fully saturated rings. The van der Waals surface area contributed by atoms with Crippen LogP contribution in [0.15, 0.2) is 59.8 Å². The van der Waals surface area contributed by atoms with E-state index in [0.717, 1.165) is 17.1 Å². The number of halogens is 1. The second-order valence-corrected chi connectivity index (χ2v) is 7.25. The van der Waals surface area contributed by atoms with Crippen molar-refractivity contribution in [1.29, 1.82) is 0 Å². The van der Waals surface area contributed by atoms with Gasteiger partial charge < -0.3 is 10.7 Å². The summed E-state index contributed by atoms with van der Waals surface area (Å²) in [4.78, 5) is 13.0. The van der Waals surface area contributed by atoms with Crippen LogP contribution >= 0.6 is 11.8 Å². The Bertz CT molecular complexity index is 944. The predicted octanol–water partition coefficient (Wildman–Crippen LogP) is 3.38. The maximum atomic E-state index is 13.4. The van der Waals surface area contributed by atoms with Crippen LogP contribution in [-0.2, 0) is 11.2 Å². The topological polar surface area (TPSA) is 71.8 Å². The Morgan fingerprint density at radius 2 is 1.93 bits per heavy atom. The Morgan fingerprint density at radius 1 is 1.19 bits per heavy atom. The number of rotatable bonds is 4. The van der Waals surface area contributed by atoms with Crippen molar-refractivity contribution < 1.29 is 9.18 Å². The number of carbonyl (C=O) groups is 1. The number of thioether (sulfide) groups is 1. The SMILES string of the molecule is CCc1nnc2n1N[C@@H](c1ccc(F)cc1)[C@@H](C(=O)Nc1ccccc1)S2. The lowest BCUT2D eigenvalue weighted by atomic mass is 10.0. The van der Waals surface area contributed by atoms with E-state index in [4.69, 9.17) is 0 Å². The van der Waals surface area contributed by atoms with Gasteiger partial charge in [0.05, 0.1) is 6.04 Å². The van der Waals surface area contributed by atoms with E-state index in [2.05, 4.69) is 20.9 Å². The summed E-state index contributed by atoms with van der Waals surface area (Å²) in [5.41, 5.74) is 4.88. The lowest BCUT2D eigenvalue weighted by Crippen LogP contribution is -2.41. The average Bonchev–Trinajstić information content (AvgIpc) is 3.10. The lowest BCUT2D eigenvalue weighted by Gasteiger charge is -2.33. The third-order valence-corrected chi connectivity index (χ3v) is 5.56. The van der Waals surface area contributed by atoms with Crippen LogP contribution in [0.25, 0.3) is 0 Å². The maximum Gasteiger partial charge on any atom is 0.240 e. The molecule has 2 N–H and O–H groups in total. The lowest BCUT2D eigenvalue weighted by molar-refractivity contribution is -0.116. The molecule has 1 amide bonds. The van der Waals surface area contributed by atoms with Crippen molar-refractivity contribution in [3.63, 3.8) is 0 Å². The summed E-state index contributed by atoms with van der Waals surface area (Å²) >= 11 is 1.35. The Hall–Kier alpha value is -2.87. The highest BCUT2D eigenvalue weighted by Gasteiger charge is 2.37. The number of amides is 1. The fraction of sp³-hybridized carbons (Fsp3) is 0.211. The Morgan fingerprint density at radius 3 is 2.63 bits per heavy atom. The van der Waals surface area contributed by atoms with Crippen LogP contribution in [-0.4, -0.2) is 26.0 Å². The van der Waals surface area contributed by atoms with Crippen molar-refractivity contribution in [1.82, 2.24) is 14.9 Å². The van der Waals surface area contributed by atoms with Gasteiger partial charge >= 0.3 is 0 Å². The summed E-state index contributed by atoms with van der Waals surface area (Å²) in [7, 11) is 0. The highest BCUT2D eigenvalue weighted by molar-refractivity contribution is 8.00. The number of benzene rings is 2. The first-order chi connectivity index (χ1) is 13.2. The van der Waals surface area contributed by atoms with Gasteiger partial charge in [-0.05, 0) is 29.8 Å². The molecule has 0 saturated heterocycles. The van der Waals surface area contributed by atoms with Crippen LogP contribution in [0.5, 0.6) is 0 Å². The van der Waals surface area contributed by atoms with E-state index in [1.807, 2.05) is 41.9 Å². The van der Waals surface area contributed by atoms with Crippen molar-refractivity contribution in [2.75, 3.05) is 10.7 Å². The molecule has 4 rings (SSSR count). The molecule has 0 aliphatic carbocycles. The third kappa shape index (κ3) is 3.52. The van der Waals surface area contributed by atoms with Crippen LogP contribution in [0.1, 0.15) is 24.4 Å². The second-order valence-electron chi connectivity index (χ2n) is 6.14. The van der Waals surface area contributed by atoms with Crippen molar-refractivity contribution >= 4 is 23.4 Å². The van der Waals surface area contributed by atoms with Crippen LogP contribution in [0, 0.1) is 5.82 Å². The first-order valence-electron chi connectivity index (χ1n) is 8.64. The van der Waals surface area contributed by atoms with Crippen molar-refractivity contribution in [2.24, 2.45) is 0 Å². The number of hydrogen-bond donors (Lipinski definition) is 2. The van der Waals surface area contributed by atoms with Gasteiger partial charge in [0, 0.05) is 12.1 Å². The highest BCUT2D eigenvalue weighted by atomic mass is 32.2. The zero-order valence-corrected chi connectivity index (χ0v) is 15.4. The first kappa shape index (κ1) is 17.5. The number of fused-ring (bicyclic) bond motifs is 1. The Kier molecular flexibility index (Phi) is 4.81. The molecular formula is C19H18FN5OS. The fourth-order valence-corrected chi connectivity index (χ4v) is 4.08. The molecule has 3 aromatic rings. The normalized spacial score (nSPS) is 18.4. The number of carbonyl (C=O) groups excluding carboxylic acids is 1. The van der Waals surface area contributed by atoms with E-state index >= 15 is 0 Å². The summed E-state index contributed by atoms with van der Waals surface area (Å²) in [6.07, 6.45) is 0.706. The monoisotopic (exact) mass is 383 g/mol. The van der Waals surface area contributed by atoms with Crippen molar-refractivity contribution in [3.8, 4) is 0 Å². The van der Waals surface area contributed by atoms with Gasteiger partial charge in [0.2, 0.25) is 11.1 Å². The van der Waals surface area contributed by atoms with Gasteiger partial charge in [0.15, 0.2) is 5.82 Å². The molecule has 2 atom stereocenters. The van der Waals surface area contributed by atoms with Gasteiger partial charge in [-0.15, -0.1) is 10.2 Å². The average molecular weight is 383 g/mol. The maximum absolute atomic E-state index is 13.4. The summed E-state index contributed by atoms with van der Waals surface area (Å²) < 4.78 is 15.2. The minimum atomic E-state index is -0.489. The van der Waals surface area contributed by atoms with Crippen LogP contribution in [0.2, 0.25) is 0 Å². The van der Waals surface area contributed by atoms with E-state index < -0.39 is 5.25 Å². The molecule has 0 unspecified atom stereocenters. The zero-order chi connectivity index (χ0) is 18.8. The molecule has 1 aliphatic rings. The smallest absolute Gasteiger partial charge is 0.240 e. The van der Waals surface area contributed by atoms with Gasteiger partial charge in [0.1, 0.15) is 11.1 Å². The van der Waals surface area contributed by atoms with E-state index in [1.54, 1.807) is 12.1 Å². The van der Waals surface area contributed by atoms with E-state index in [0.29, 0.717) is 11.6 Å². The standard InChI is InChI=1S/C19H18FN5OS/c1-2-15-22-23-19-25(15)24-16(12-8-10-13(20)11-9-12)17(27-19)18(26)21-14-6-4-3-5-7-14/h3-11,16-17,24H,2H2,1H3,(H,21,26)/t16-,17-/m0/s1. The molecule has 138 valence electrons. The Labute approximate surface area is 160 Å². The van der Waals surface area contributed by atoms with Crippen LogP contribution in [0.3, 0.4) is 0 Å². The summed E-state index contributed by atoms with van der Waals surface area (Å²) in [5.74, 6) is 0.318. The number of nitrogens with zero attached hydrogens (tertiary/aromatic N) is 3. The van der Waals surface area contributed by atoms with E-state index in [9.17, 15) is 9.18 Å². The molecule has 0 spiro atoms. The van der Waals surface area contributed by atoms with Gasteiger partial charge in [-0.25, -0.2) is 9.07 Å². The van der Waals surface area contributed by atoms with Gasteiger partial charge in [-0.1, -0.05) is 49.0 Å². The summed E-state index contributed by atoms with van der Waals surface area (Å²) in [6.45, 7) is 1.99. The number of aromatic nitrogens is 3. The molecule has 2 aromatic carbocycles. The molecule has 0 radical (unpaired) electrons. The number of para-hydroxylation sites is 1. The zero-order valence-electron chi connectivity index (χ0n) is 14.6. The molecule has 0 saturated carbocycles. The molecule has 8 heteroatoms. The Balaban J connectivity index is 1.67. The molecule has 0 bridgehead atoms. The van der Waals surface area contributed by atoms with Gasteiger partial charge in [0.25, 0.3) is 0 Å². The largest absolute Gasteiger partial charge is 0.325 e. The molecule has 1 aliphatic heterocycles. The summed E-state index contributed by atoms with van der Waals surface area (Å²) in [5, 5.41) is 11.4. The number of nitrogens with one attached hydrogen (secondary N) is 2. The minimum Gasteiger partial charge on any atom is -0.325 e. The molecular weight excluding hydrogens is 365 g/mol. The highest BCUT2D eigenvalue weighted by Crippen LogP contribution is 2.37. The molecule has 2 heterocycles. The van der Waals surface area contributed by atoms with Crippen molar-refractivity contribution in [2.45, 2.75) is 29.8 Å². The number of hydrogen-bond acceptors (Lipinski definition) is 5. The van der Waals surface area contributed by atoms with Crippen LogP contribution in [0.4, 0.5) is 10.1 Å². The number of anilines is 1. The third-order valence-electron chi connectivity index (χ3n) is 4.35. The van der Waals surface area contributed by atoms with Crippen molar-refractivity contribution in [3.05, 3.63) is 71.8 Å². The van der Waals surface area contributed by atoms with Crippen LogP contribution < -0.4 is 10.7 Å². The van der Waals surface area contributed by atoms with Gasteiger partial charge in [-0.3, -0.25) is 4.79 Å². The van der Waals surface area contributed by atoms with Gasteiger partial charge in [-0.2, -0.15) is 0 Å². The van der Waals surface area contributed by atoms with E-state index in [-0.39, 0.29) is 17.8 Å². The molecule has 1 aromatic heterocycles. The first-order valence-corrected chi connectivity index (χ1v) is 9.52. The predicted molar refractivity (Wildman–Crippen MR) is 103 cm³/mol. The minimum absolute atomic E-state index is 0.152. The van der Waals surface area contributed by atoms with E-state index in [1.165, 1.54) is 23.9 Å². The fourth-order valence-electron chi connectivity index (χ4n) is 2.98. The number of aryl methyl sites for hydroxylation is 1.